The van der Waals surface area contributed by atoms with Crippen LogP contribution in [-0.2, 0) is 9.59 Å². The molecule has 0 bridgehead atoms. The van der Waals surface area contributed by atoms with Gasteiger partial charge in [-0.1, -0.05) is 91.4 Å². The normalized spacial score (nSPS) is 11.3. The van der Waals surface area contributed by atoms with Gasteiger partial charge in [0.05, 0.1) is 0 Å². The molecule has 5 nitrogen and oxygen atoms in total. The molecule has 0 aliphatic carbocycles. The molecule has 2 amide bonds. The van der Waals surface area contributed by atoms with E-state index in [0.717, 1.165) is 38.9 Å². The molecule has 0 aliphatic heterocycles. The van der Waals surface area contributed by atoms with Crippen LogP contribution in [0.4, 0.5) is 0 Å². The molecule has 0 aromatic rings. The van der Waals surface area contributed by atoms with Gasteiger partial charge in [-0.2, -0.15) is 0 Å². The maximum Gasteiger partial charge on any atom is 0.223 e. The molecule has 5 heteroatoms. The van der Waals surface area contributed by atoms with Gasteiger partial charge in [0, 0.05) is 25.9 Å². The monoisotopic (exact) mass is 467 g/mol. The van der Waals surface area contributed by atoms with E-state index in [1.165, 1.54) is 96.6 Å². The summed E-state index contributed by atoms with van der Waals surface area (Å²) >= 11 is 0. The van der Waals surface area contributed by atoms with Crippen LogP contribution in [0.2, 0.25) is 0 Å². The van der Waals surface area contributed by atoms with Crippen LogP contribution in [0, 0.1) is 0 Å². The lowest BCUT2D eigenvalue weighted by Gasteiger charge is -2.25. The molecule has 0 spiro atoms. The van der Waals surface area contributed by atoms with Crippen LogP contribution in [0.1, 0.15) is 136 Å². The number of rotatable bonds is 25. The summed E-state index contributed by atoms with van der Waals surface area (Å²) < 4.78 is 0. The van der Waals surface area contributed by atoms with Crippen molar-refractivity contribution in [1.82, 2.24) is 9.80 Å². The molecule has 0 heterocycles. The fraction of sp³-hybridized carbons (Fsp3) is 0.929. The zero-order chi connectivity index (χ0) is 24.6. The summed E-state index contributed by atoms with van der Waals surface area (Å²) in [6.07, 6.45) is 20.6. The summed E-state index contributed by atoms with van der Waals surface area (Å²) in [7, 11) is 0. The molecule has 0 aliphatic rings. The molecule has 196 valence electrons. The first-order valence-electron chi connectivity index (χ1n) is 14.3. The fourth-order valence-corrected chi connectivity index (χ4v) is 4.28. The molecule has 0 unspecified atom stereocenters. The summed E-state index contributed by atoms with van der Waals surface area (Å²) in [5.41, 5.74) is 5.27. The first-order chi connectivity index (χ1) is 16.0. The van der Waals surface area contributed by atoms with Crippen molar-refractivity contribution in [2.75, 3.05) is 32.7 Å². The van der Waals surface area contributed by atoms with Gasteiger partial charge >= 0.3 is 0 Å². The molecule has 0 atom stereocenters. The minimum atomic E-state index is -0.385. The Morgan fingerprint density at radius 2 is 0.909 bits per heavy atom. The lowest BCUT2D eigenvalue weighted by molar-refractivity contribution is -0.133. The van der Waals surface area contributed by atoms with Crippen molar-refractivity contribution in [3.05, 3.63) is 0 Å². The molecule has 0 saturated heterocycles. The number of nitrogens with two attached hydrogens (primary N) is 1. The Kier molecular flexibility index (Phi) is 23.2. The Morgan fingerprint density at radius 1 is 0.515 bits per heavy atom. The average Bonchev–Trinajstić information content (AvgIpc) is 2.81. The van der Waals surface area contributed by atoms with E-state index < -0.39 is 0 Å². The van der Waals surface area contributed by atoms with Gasteiger partial charge in [-0.05, 0) is 51.7 Å². The van der Waals surface area contributed by atoms with Gasteiger partial charge in [0.2, 0.25) is 11.8 Å². The lowest BCUT2D eigenvalue weighted by atomic mass is 10.1. The third-order valence-electron chi connectivity index (χ3n) is 6.53. The number of hydrogen-bond acceptors (Lipinski definition) is 3. The topological polar surface area (TPSA) is 66.6 Å². The second-order valence-corrected chi connectivity index (χ2v) is 9.78. The van der Waals surface area contributed by atoms with Crippen LogP contribution >= 0.6 is 0 Å². The third-order valence-corrected chi connectivity index (χ3v) is 6.53. The number of unbranched alkanes of at least 4 members (excludes halogenated alkanes) is 12. The maximum absolute atomic E-state index is 12.7. The van der Waals surface area contributed by atoms with Crippen LogP contribution in [0.15, 0.2) is 0 Å². The first kappa shape index (κ1) is 31.9. The molecule has 33 heavy (non-hydrogen) atoms. The van der Waals surface area contributed by atoms with Gasteiger partial charge in [-0.25, -0.2) is 0 Å². The molecule has 0 radical (unpaired) electrons. The highest BCUT2D eigenvalue weighted by Crippen LogP contribution is 2.12. The first-order valence-corrected chi connectivity index (χ1v) is 14.3. The quantitative estimate of drug-likeness (QED) is 0.152. The molecule has 0 saturated carbocycles. The Bertz CT molecular complexity index is 448. The Labute approximate surface area is 206 Å². The van der Waals surface area contributed by atoms with Crippen LogP contribution < -0.4 is 5.73 Å². The fourth-order valence-electron chi connectivity index (χ4n) is 4.28. The highest BCUT2D eigenvalue weighted by atomic mass is 16.2. The number of primary amides is 1. The molecule has 2 N–H and O–H groups in total. The van der Waals surface area contributed by atoms with E-state index in [-0.39, 0.29) is 24.7 Å². The van der Waals surface area contributed by atoms with Crippen molar-refractivity contribution in [2.45, 2.75) is 136 Å². The van der Waals surface area contributed by atoms with Crippen molar-refractivity contribution in [2.24, 2.45) is 5.73 Å². The van der Waals surface area contributed by atoms with Gasteiger partial charge in [-0.15, -0.1) is 0 Å². The summed E-state index contributed by atoms with van der Waals surface area (Å²) in [6, 6.07) is 0. The van der Waals surface area contributed by atoms with Gasteiger partial charge in [-0.3, -0.25) is 9.59 Å². The zero-order valence-electron chi connectivity index (χ0n) is 22.6. The Hall–Kier alpha value is -1.10. The maximum atomic E-state index is 12.7. The number of nitrogens with zero attached hydrogens (tertiary/aromatic N) is 2. The van der Waals surface area contributed by atoms with Crippen molar-refractivity contribution < 1.29 is 9.59 Å². The average molecular weight is 468 g/mol. The summed E-state index contributed by atoms with van der Waals surface area (Å²) in [5, 5.41) is 0. The molecule has 0 rings (SSSR count). The highest BCUT2D eigenvalue weighted by Gasteiger charge is 2.14. The minimum Gasteiger partial charge on any atom is -0.370 e. The highest BCUT2D eigenvalue weighted by molar-refractivity contribution is 5.82. The van der Waals surface area contributed by atoms with Crippen molar-refractivity contribution in [1.29, 1.82) is 0 Å². The van der Waals surface area contributed by atoms with Gasteiger partial charge in [0.15, 0.2) is 0 Å². The standard InChI is InChI=1S/C28H57N3O2/c1-4-7-10-11-12-13-14-15-16-17-25-31(28(33)21-20-27(29)32)26-19-18-24-30(22-8-5-2)23-9-6-3/h4-26H2,1-3H3,(H2,29,32). The third kappa shape index (κ3) is 21.2. The summed E-state index contributed by atoms with van der Waals surface area (Å²) in [6.45, 7) is 11.9. The number of hydrogen-bond donors (Lipinski definition) is 1. The summed E-state index contributed by atoms with van der Waals surface area (Å²) in [4.78, 5) is 28.4. The van der Waals surface area contributed by atoms with Gasteiger partial charge < -0.3 is 15.5 Å². The molecular formula is C28H57N3O2. The van der Waals surface area contributed by atoms with E-state index in [4.69, 9.17) is 5.73 Å². The number of amides is 2. The lowest BCUT2D eigenvalue weighted by Crippen LogP contribution is -2.34. The van der Waals surface area contributed by atoms with E-state index in [1.54, 1.807) is 0 Å². The second-order valence-electron chi connectivity index (χ2n) is 9.78. The smallest absolute Gasteiger partial charge is 0.223 e. The van der Waals surface area contributed by atoms with Crippen LogP contribution in [-0.4, -0.2) is 54.3 Å². The molecular weight excluding hydrogens is 410 g/mol. The predicted molar refractivity (Wildman–Crippen MR) is 142 cm³/mol. The Morgan fingerprint density at radius 3 is 1.39 bits per heavy atom. The number of carbonyl (C=O) groups is 2. The van der Waals surface area contributed by atoms with E-state index in [0.29, 0.717) is 0 Å². The number of carbonyl (C=O) groups excluding carboxylic acids is 2. The zero-order valence-corrected chi connectivity index (χ0v) is 22.6. The van der Waals surface area contributed by atoms with E-state index in [9.17, 15) is 9.59 Å². The summed E-state index contributed by atoms with van der Waals surface area (Å²) in [5.74, 6) is -0.289. The van der Waals surface area contributed by atoms with Crippen LogP contribution in [0.5, 0.6) is 0 Å². The van der Waals surface area contributed by atoms with Crippen LogP contribution in [0.3, 0.4) is 0 Å². The Balaban J connectivity index is 4.24. The second kappa shape index (κ2) is 24.0. The largest absolute Gasteiger partial charge is 0.370 e. The molecule has 0 aromatic carbocycles. The van der Waals surface area contributed by atoms with E-state index >= 15 is 0 Å². The minimum absolute atomic E-state index is 0.0959. The van der Waals surface area contributed by atoms with Crippen molar-refractivity contribution in [3.63, 3.8) is 0 Å². The predicted octanol–water partition coefficient (Wildman–Crippen LogP) is 6.68. The molecule has 0 fully saturated rings. The van der Waals surface area contributed by atoms with E-state index in [2.05, 4.69) is 25.7 Å². The van der Waals surface area contributed by atoms with Crippen LogP contribution in [0.25, 0.3) is 0 Å². The van der Waals surface area contributed by atoms with Gasteiger partial charge in [0.25, 0.3) is 0 Å². The molecule has 0 aromatic heterocycles. The van der Waals surface area contributed by atoms with Crippen molar-refractivity contribution >= 4 is 11.8 Å². The van der Waals surface area contributed by atoms with E-state index in [1.807, 2.05) is 4.90 Å². The van der Waals surface area contributed by atoms with Crippen molar-refractivity contribution in [3.8, 4) is 0 Å². The van der Waals surface area contributed by atoms with Gasteiger partial charge in [0.1, 0.15) is 0 Å². The SMILES string of the molecule is CCCCCCCCCCCCN(CCCCN(CCCC)CCCC)C(=O)CCC(N)=O.